The van der Waals surface area contributed by atoms with Gasteiger partial charge < -0.3 is 15.0 Å². The standard InChI is InChI=1S/C16H27N3O2/c1-20-16(10-6-3-7-11-16)14-18-13(21-19-14)12-15(17)8-4-2-5-9-15/h2-12,17H2,1H3. The summed E-state index contributed by atoms with van der Waals surface area (Å²) in [6.45, 7) is 0. The quantitative estimate of drug-likeness (QED) is 0.923. The molecule has 1 aromatic heterocycles. The lowest BCUT2D eigenvalue weighted by atomic mass is 9.80. The summed E-state index contributed by atoms with van der Waals surface area (Å²) < 4.78 is 11.3. The van der Waals surface area contributed by atoms with E-state index in [1.54, 1.807) is 7.11 Å². The lowest BCUT2D eigenvalue weighted by molar-refractivity contribution is -0.0527. The molecule has 1 aromatic rings. The van der Waals surface area contributed by atoms with Crippen LogP contribution in [0.1, 0.15) is 75.9 Å². The summed E-state index contributed by atoms with van der Waals surface area (Å²) in [5.74, 6) is 1.40. The molecule has 21 heavy (non-hydrogen) atoms. The Hall–Kier alpha value is -0.940. The zero-order chi connectivity index (χ0) is 14.8. The van der Waals surface area contributed by atoms with E-state index in [2.05, 4.69) is 10.1 Å². The molecule has 1 heterocycles. The molecule has 5 heteroatoms. The second-order valence-electron chi connectivity index (χ2n) is 6.87. The van der Waals surface area contributed by atoms with Gasteiger partial charge in [-0.15, -0.1) is 0 Å². The number of hydrogen-bond donors (Lipinski definition) is 1. The summed E-state index contributed by atoms with van der Waals surface area (Å²) in [4.78, 5) is 4.63. The summed E-state index contributed by atoms with van der Waals surface area (Å²) in [6, 6.07) is 0. The van der Waals surface area contributed by atoms with Crippen molar-refractivity contribution in [1.29, 1.82) is 0 Å². The van der Waals surface area contributed by atoms with E-state index < -0.39 is 0 Å². The first-order valence-corrected chi connectivity index (χ1v) is 8.33. The van der Waals surface area contributed by atoms with Gasteiger partial charge in [0.05, 0.1) is 0 Å². The minimum absolute atomic E-state index is 0.158. The van der Waals surface area contributed by atoms with E-state index in [0.29, 0.717) is 12.3 Å². The van der Waals surface area contributed by atoms with Crippen LogP contribution in [0.5, 0.6) is 0 Å². The molecule has 118 valence electrons. The minimum Gasteiger partial charge on any atom is -0.370 e. The van der Waals surface area contributed by atoms with E-state index in [4.69, 9.17) is 15.0 Å². The SMILES string of the molecule is COC1(c2noc(CC3(N)CCCCC3)n2)CCCCC1. The molecule has 0 spiro atoms. The van der Waals surface area contributed by atoms with Gasteiger partial charge in [-0.05, 0) is 25.7 Å². The molecule has 3 rings (SSSR count). The molecular formula is C16H27N3O2. The Balaban J connectivity index is 1.73. The molecule has 2 aliphatic carbocycles. The van der Waals surface area contributed by atoms with E-state index in [1.807, 2.05) is 0 Å². The predicted octanol–water partition coefficient (Wildman–Crippen LogP) is 3.08. The normalized spacial score (nSPS) is 24.9. The van der Waals surface area contributed by atoms with Crippen molar-refractivity contribution in [2.45, 2.75) is 81.8 Å². The Morgan fingerprint density at radius 1 is 1.05 bits per heavy atom. The van der Waals surface area contributed by atoms with Gasteiger partial charge in [0.1, 0.15) is 5.60 Å². The van der Waals surface area contributed by atoms with Crippen LogP contribution >= 0.6 is 0 Å². The van der Waals surface area contributed by atoms with Gasteiger partial charge in [0.25, 0.3) is 0 Å². The highest BCUT2D eigenvalue weighted by atomic mass is 16.5. The van der Waals surface area contributed by atoms with E-state index in [0.717, 1.165) is 31.5 Å². The maximum Gasteiger partial charge on any atom is 0.228 e. The topological polar surface area (TPSA) is 74.2 Å². The second kappa shape index (κ2) is 6.05. The maximum atomic E-state index is 6.49. The number of aromatic nitrogens is 2. The van der Waals surface area contributed by atoms with Gasteiger partial charge in [-0.25, -0.2) is 0 Å². The van der Waals surface area contributed by atoms with Crippen molar-refractivity contribution in [2.24, 2.45) is 5.73 Å². The molecule has 0 amide bonds. The average Bonchev–Trinajstić information content (AvgIpc) is 2.97. The van der Waals surface area contributed by atoms with Crippen LogP contribution < -0.4 is 5.73 Å². The third kappa shape index (κ3) is 3.14. The predicted molar refractivity (Wildman–Crippen MR) is 79.8 cm³/mol. The molecule has 0 radical (unpaired) electrons. The summed E-state index contributed by atoms with van der Waals surface area (Å²) >= 11 is 0. The molecule has 5 nitrogen and oxygen atoms in total. The number of nitrogens with zero attached hydrogens (tertiary/aromatic N) is 2. The minimum atomic E-state index is -0.339. The zero-order valence-electron chi connectivity index (χ0n) is 13.1. The van der Waals surface area contributed by atoms with Gasteiger partial charge >= 0.3 is 0 Å². The second-order valence-corrected chi connectivity index (χ2v) is 6.87. The van der Waals surface area contributed by atoms with Gasteiger partial charge in [-0.3, -0.25) is 0 Å². The molecule has 0 bridgehead atoms. The maximum absolute atomic E-state index is 6.49. The van der Waals surface area contributed by atoms with Gasteiger partial charge in [0.15, 0.2) is 0 Å². The Bertz CT molecular complexity index is 460. The molecule has 2 saturated carbocycles. The summed E-state index contributed by atoms with van der Waals surface area (Å²) in [5, 5.41) is 4.21. The Morgan fingerprint density at radius 2 is 1.67 bits per heavy atom. The molecule has 2 fully saturated rings. The fourth-order valence-electron chi connectivity index (χ4n) is 3.89. The van der Waals surface area contributed by atoms with E-state index in [-0.39, 0.29) is 11.1 Å². The molecule has 0 unspecified atom stereocenters. The van der Waals surface area contributed by atoms with Gasteiger partial charge in [0, 0.05) is 19.1 Å². The largest absolute Gasteiger partial charge is 0.370 e. The first-order valence-electron chi connectivity index (χ1n) is 8.33. The van der Waals surface area contributed by atoms with Gasteiger partial charge in [0.2, 0.25) is 11.7 Å². The molecular weight excluding hydrogens is 266 g/mol. The number of ether oxygens (including phenoxy) is 1. The highest BCUT2D eigenvalue weighted by molar-refractivity contribution is 5.05. The van der Waals surface area contributed by atoms with Crippen LogP contribution in [0.2, 0.25) is 0 Å². The van der Waals surface area contributed by atoms with Crippen LogP contribution in [0.15, 0.2) is 4.52 Å². The number of hydrogen-bond acceptors (Lipinski definition) is 5. The molecule has 0 aromatic carbocycles. The van der Waals surface area contributed by atoms with Crippen LogP contribution in [0.3, 0.4) is 0 Å². The highest BCUT2D eigenvalue weighted by Crippen LogP contribution is 2.38. The van der Waals surface area contributed by atoms with Crippen LogP contribution in [0, 0.1) is 0 Å². The van der Waals surface area contributed by atoms with Crippen molar-refractivity contribution in [3.63, 3.8) is 0 Å². The first kappa shape index (κ1) is 15.0. The lowest BCUT2D eigenvalue weighted by Gasteiger charge is -2.33. The van der Waals surface area contributed by atoms with E-state index >= 15 is 0 Å². The Morgan fingerprint density at radius 3 is 2.29 bits per heavy atom. The molecule has 0 aliphatic heterocycles. The van der Waals surface area contributed by atoms with Gasteiger partial charge in [-0.2, -0.15) is 4.98 Å². The Kier molecular flexibility index (Phi) is 4.31. The molecule has 2 aliphatic rings. The van der Waals surface area contributed by atoms with Crippen LogP contribution in [0.25, 0.3) is 0 Å². The number of rotatable bonds is 4. The van der Waals surface area contributed by atoms with E-state index in [1.165, 1.54) is 38.5 Å². The molecule has 0 atom stereocenters. The summed E-state index contributed by atoms with van der Waals surface area (Å²) in [7, 11) is 1.76. The highest BCUT2D eigenvalue weighted by Gasteiger charge is 2.39. The third-order valence-corrected chi connectivity index (χ3v) is 5.28. The van der Waals surface area contributed by atoms with Crippen molar-refractivity contribution in [2.75, 3.05) is 7.11 Å². The number of methoxy groups -OCH3 is 1. The monoisotopic (exact) mass is 293 g/mol. The summed E-state index contributed by atoms with van der Waals surface area (Å²) in [6.07, 6.45) is 12.1. The fourth-order valence-corrected chi connectivity index (χ4v) is 3.89. The lowest BCUT2D eigenvalue weighted by Crippen LogP contribution is -2.43. The van der Waals surface area contributed by atoms with Crippen molar-refractivity contribution in [3.8, 4) is 0 Å². The van der Waals surface area contributed by atoms with Crippen LogP contribution in [-0.4, -0.2) is 22.8 Å². The van der Waals surface area contributed by atoms with Crippen LogP contribution in [-0.2, 0) is 16.8 Å². The molecule has 0 saturated heterocycles. The average molecular weight is 293 g/mol. The smallest absolute Gasteiger partial charge is 0.228 e. The van der Waals surface area contributed by atoms with Crippen molar-refractivity contribution >= 4 is 0 Å². The van der Waals surface area contributed by atoms with E-state index in [9.17, 15) is 0 Å². The third-order valence-electron chi connectivity index (χ3n) is 5.28. The van der Waals surface area contributed by atoms with Gasteiger partial charge in [-0.1, -0.05) is 43.7 Å². The number of nitrogens with two attached hydrogens (primary N) is 1. The summed E-state index contributed by atoms with van der Waals surface area (Å²) in [5.41, 5.74) is 5.99. The van der Waals surface area contributed by atoms with Crippen molar-refractivity contribution in [3.05, 3.63) is 11.7 Å². The molecule has 2 N–H and O–H groups in total. The zero-order valence-corrected chi connectivity index (χ0v) is 13.1. The Labute approximate surface area is 126 Å². The van der Waals surface area contributed by atoms with Crippen molar-refractivity contribution in [1.82, 2.24) is 10.1 Å². The van der Waals surface area contributed by atoms with Crippen molar-refractivity contribution < 1.29 is 9.26 Å². The van der Waals surface area contributed by atoms with Crippen LogP contribution in [0.4, 0.5) is 0 Å². The first-order chi connectivity index (χ1) is 10.2. The fraction of sp³-hybridized carbons (Fsp3) is 0.875.